The third kappa shape index (κ3) is 8.01. The van der Waals surface area contributed by atoms with E-state index in [1.54, 1.807) is 7.11 Å². The number of thioether (sulfide) groups is 1. The maximum Gasteiger partial charge on any atom is 0.225 e. The average Bonchev–Trinajstić information content (AvgIpc) is 2.81. The summed E-state index contributed by atoms with van der Waals surface area (Å²) in [5, 5.41) is 6.97. The first-order valence-corrected chi connectivity index (χ1v) is 12.8. The molecular weight excluding hydrogens is 535 g/mol. The largest absolute Gasteiger partial charge is 0.496 e. The molecule has 0 radical (unpaired) electrons. The first-order valence-electron chi connectivity index (χ1n) is 11.7. The van der Waals surface area contributed by atoms with Crippen LogP contribution in [-0.4, -0.2) is 67.6 Å². The molecule has 6 nitrogen and oxygen atoms in total. The molecule has 0 atom stereocenters. The minimum Gasteiger partial charge on any atom is -0.496 e. The summed E-state index contributed by atoms with van der Waals surface area (Å²) in [7, 11) is 1.71. The van der Waals surface area contributed by atoms with Crippen LogP contribution in [-0.2, 0) is 11.2 Å². The number of ether oxygens (including phenoxy) is 1. The van der Waals surface area contributed by atoms with Gasteiger partial charge in [-0.25, -0.2) is 0 Å². The number of hydrogen-bond acceptors (Lipinski definition) is 4. The van der Waals surface area contributed by atoms with Crippen LogP contribution in [0.2, 0.25) is 0 Å². The van der Waals surface area contributed by atoms with Gasteiger partial charge in [0.1, 0.15) is 5.75 Å². The number of halogens is 1. The molecule has 1 aromatic carbocycles. The second-order valence-corrected chi connectivity index (χ2v) is 9.67. The average molecular weight is 575 g/mol. The van der Waals surface area contributed by atoms with Crippen LogP contribution in [0.1, 0.15) is 43.7 Å². The Hall–Kier alpha value is -1.16. The summed E-state index contributed by atoms with van der Waals surface area (Å²) in [5.74, 6) is 4.57. The Balaban J connectivity index is 0.00000363. The van der Waals surface area contributed by atoms with Gasteiger partial charge in [-0.05, 0) is 63.1 Å². The summed E-state index contributed by atoms with van der Waals surface area (Å²) in [6, 6.07) is 6.74. The fourth-order valence-electron chi connectivity index (χ4n) is 4.36. The Morgan fingerprint density at radius 1 is 1.22 bits per heavy atom. The van der Waals surface area contributed by atoms with Crippen molar-refractivity contribution in [3.8, 4) is 5.75 Å². The van der Waals surface area contributed by atoms with E-state index in [2.05, 4.69) is 47.6 Å². The van der Waals surface area contributed by atoms with E-state index < -0.39 is 0 Å². The number of carbonyl (C=O) groups is 1. The van der Waals surface area contributed by atoms with Crippen LogP contribution >= 0.6 is 35.7 Å². The molecule has 2 N–H and O–H groups in total. The first kappa shape index (κ1) is 27.1. The molecule has 1 amide bonds. The van der Waals surface area contributed by atoms with Crippen molar-refractivity contribution >= 4 is 47.6 Å². The molecule has 1 aromatic rings. The van der Waals surface area contributed by atoms with Gasteiger partial charge in [0, 0.05) is 49.6 Å². The van der Waals surface area contributed by atoms with E-state index in [-0.39, 0.29) is 29.9 Å². The fourth-order valence-corrected chi connectivity index (χ4v) is 5.26. The van der Waals surface area contributed by atoms with E-state index in [0.29, 0.717) is 11.9 Å². The van der Waals surface area contributed by atoms with Gasteiger partial charge in [-0.1, -0.05) is 12.1 Å². The van der Waals surface area contributed by atoms with Crippen molar-refractivity contribution in [2.24, 2.45) is 10.9 Å². The van der Waals surface area contributed by atoms with Crippen LogP contribution in [0.4, 0.5) is 0 Å². The lowest BCUT2D eigenvalue weighted by molar-refractivity contribution is -0.136. The molecule has 0 bridgehead atoms. The van der Waals surface area contributed by atoms with Crippen molar-refractivity contribution < 1.29 is 9.53 Å². The van der Waals surface area contributed by atoms with Crippen molar-refractivity contribution in [2.45, 2.75) is 52.0 Å². The SMILES string of the molecule is CCNC(=NCCc1ccc(C)c(OC)c1)NC1CCC(C(=O)N2CCSCC2)CC1.I. The molecule has 1 aliphatic carbocycles. The molecule has 1 saturated carbocycles. The number of hydrogen-bond donors (Lipinski definition) is 2. The molecule has 8 heteroatoms. The molecule has 180 valence electrons. The van der Waals surface area contributed by atoms with Crippen molar-refractivity contribution in [2.75, 3.05) is 44.8 Å². The molecular formula is C24H39IN4O2S. The summed E-state index contributed by atoms with van der Waals surface area (Å²) in [5.41, 5.74) is 2.38. The highest BCUT2D eigenvalue weighted by molar-refractivity contribution is 14.0. The highest BCUT2D eigenvalue weighted by atomic mass is 127. The Morgan fingerprint density at radius 2 is 1.94 bits per heavy atom. The van der Waals surface area contributed by atoms with Gasteiger partial charge >= 0.3 is 0 Å². The predicted octanol–water partition coefficient (Wildman–Crippen LogP) is 3.85. The zero-order valence-corrected chi connectivity index (χ0v) is 22.8. The van der Waals surface area contributed by atoms with Gasteiger partial charge in [-0.15, -0.1) is 24.0 Å². The third-order valence-electron chi connectivity index (χ3n) is 6.23. The lowest BCUT2D eigenvalue weighted by atomic mass is 9.85. The Morgan fingerprint density at radius 3 is 2.59 bits per heavy atom. The van der Waals surface area contributed by atoms with E-state index in [0.717, 1.165) is 87.1 Å². The summed E-state index contributed by atoms with van der Waals surface area (Å²) in [4.78, 5) is 19.6. The molecule has 2 fully saturated rings. The van der Waals surface area contributed by atoms with Crippen LogP contribution < -0.4 is 15.4 Å². The number of aliphatic imine (C=N–C) groups is 1. The minimum absolute atomic E-state index is 0. The molecule has 1 saturated heterocycles. The number of methoxy groups -OCH3 is 1. The van der Waals surface area contributed by atoms with Gasteiger partial charge in [-0.3, -0.25) is 9.79 Å². The number of aryl methyl sites for hydroxylation is 1. The van der Waals surface area contributed by atoms with E-state index >= 15 is 0 Å². The van der Waals surface area contributed by atoms with Gasteiger partial charge in [0.05, 0.1) is 7.11 Å². The Labute approximate surface area is 214 Å². The fraction of sp³-hybridized carbons (Fsp3) is 0.667. The Bertz CT molecular complexity index is 748. The van der Waals surface area contributed by atoms with Crippen LogP contribution in [0.3, 0.4) is 0 Å². The number of nitrogens with zero attached hydrogens (tertiary/aromatic N) is 2. The summed E-state index contributed by atoms with van der Waals surface area (Å²) in [6.07, 6.45) is 4.88. The first-order chi connectivity index (χ1) is 15.1. The maximum absolute atomic E-state index is 12.8. The summed E-state index contributed by atoms with van der Waals surface area (Å²) >= 11 is 1.95. The highest BCUT2D eigenvalue weighted by Gasteiger charge is 2.30. The van der Waals surface area contributed by atoms with Gasteiger partial charge in [0.15, 0.2) is 5.96 Å². The normalized spacial score (nSPS) is 21.5. The molecule has 1 heterocycles. The zero-order valence-electron chi connectivity index (χ0n) is 19.7. The van der Waals surface area contributed by atoms with Crippen LogP contribution in [0.15, 0.2) is 23.2 Å². The third-order valence-corrected chi connectivity index (χ3v) is 7.17. The van der Waals surface area contributed by atoms with Gasteiger partial charge < -0.3 is 20.3 Å². The molecule has 1 aliphatic heterocycles. The lowest BCUT2D eigenvalue weighted by Gasteiger charge is -2.34. The van der Waals surface area contributed by atoms with Crippen LogP contribution in [0.5, 0.6) is 5.75 Å². The molecule has 0 aromatic heterocycles. The summed E-state index contributed by atoms with van der Waals surface area (Å²) < 4.78 is 5.43. The topological polar surface area (TPSA) is 66.0 Å². The highest BCUT2D eigenvalue weighted by Crippen LogP contribution is 2.27. The van der Waals surface area contributed by atoms with Crippen molar-refractivity contribution in [3.05, 3.63) is 29.3 Å². The predicted molar refractivity (Wildman–Crippen MR) is 146 cm³/mol. The monoisotopic (exact) mass is 574 g/mol. The van der Waals surface area contributed by atoms with Gasteiger partial charge in [-0.2, -0.15) is 11.8 Å². The quantitative estimate of drug-likeness (QED) is 0.294. The molecule has 3 rings (SSSR count). The van der Waals surface area contributed by atoms with Gasteiger partial charge in [0.25, 0.3) is 0 Å². The standard InChI is InChI=1S/C24H38N4O2S.HI/c1-4-25-24(26-12-11-19-6-5-18(2)22(17-19)30-3)27-21-9-7-20(8-10-21)23(29)28-13-15-31-16-14-28;/h5-6,17,20-21H,4,7-16H2,1-3H3,(H2,25,26,27);1H. The maximum atomic E-state index is 12.8. The second-order valence-electron chi connectivity index (χ2n) is 8.45. The second kappa shape index (κ2) is 14.2. The number of amides is 1. The number of nitrogens with one attached hydrogen (secondary N) is 2. The van der Waals surface area contributed by atoms with Gasteiger partial charge in [0.2, 0.25) is 5.91 Å². The lowest BCUT2D eigenvalue weighted by Crippen LogP contribution is -2.47. The van der Waals surface area contributed by atoms with E-state index in [1.807, 2.05) is 11.8 Å². The number of carbonyl (C=O) groups excluding carboxylic acids is 1. The zero-order chi connectivity index (χ0) is 22.1. The molecule has 2 aliphatic rings. The number of rotatable bonds is 7. The van der Waals surface area contributed by atoms with Crippen molar-refractivity contribution in [1.29, 1.82) is 0 Å². The smallest absolute Gasteiger partial charge is 0.225 e. The minimum atomic E-state index is 0. The van der Waals surface area contributed by atoms with Crippen LogP contribution in [0.25, 0.3) is 0 Å². The van der Waals surface area contributed by atoms with E-state index in [4.69, 9.17) is 9.73 Å². The van der Waals surface area contributed by atoms with Crippen molar-refractivity contribution in [1.82, 2.24) is 15.5 Å². The summed E-state index contributed by atoms with van der Waals surface area (Å²) in [6.45, 7) is 7.56. The number of guanidine groups is 1. The Kier molecular flexibility index (Phi) is 12.0. The molecule has 0 unspecified atom stereocenters. The van der Waals surface area contributed by atoms with Crippen molar-refractivity contribution in [3.63, 3.8) is 0 Å². The van der Waals surface area contributed by atoms with Crippen LogP contribution in [0, 0.1) is 12.8 Å². The van der Waals surface area contributed by atoms with E-state index in [1.165, 1.54) is 5.56 Å². The number of benzene rings is 1. The van der Waals surface area contributed by atoms with E-state index in [9.17, 15) is 4.79 Å². The molecule has 32 heavy (non-hydrogen) atoms. The molecule has 0 spiro atoms.